The first kappa shape index (κ1) is 17.7. The van der Waals surface area contributed by atoms with E-state index in [-0.39, 0.29) is 5.60 Å². The van der Waals surface area contributed by atoms with Crippen LogP contribution in [0.15, 0.2) is 0 Å². The van der Waals surface area contributed by atoms with Crippen LogP contribution in [0.3, 0.4) is 0 Å². The summed E-state index contributed by atoms with van der Waals surface area (Å²) in [6.07, 6.45) is 2.32. The van der Waals surface area contributed by atoms with E-state index in [0.717, 1.165) is 28.7 Å². The first-order chi connectivity index (χ1) is 8.89. The third-order valence-electron chi connectivity index (χ3n) is 4.10. The first-order valence-corrected chi connectivity index (χ1v) is 9.44. The van der Waals surface area contributed by atoms with Crippen molar-refractivity contribution in [3.63, 3.8) is 0 Å². The van der Waals surface area contributed by atoms with Gasteiger partial charge in [-0.15, -0.1) is 0 Å². The van der Waals surface area contributed by atoms with Crippen molar-refractivity contribution in [2.45, 2.75) is 74.9 Å². The van der Waals surface area contributed by atoms with Crippen LogP contribution in [0.25, 0.3) is 0 Å². The minimum absolute atomic E-state index is 0.000937. The number of methoxy groups -OCH3 is 1. The molecule has 1 rings (SSSR count). The van der Waals surface area contributed by atoms with E-state index in [4.69, 9.17) is 4.74 Å². The fraction of sp³-hybridized carbons (Fsp3) is 1.00. The van der Waals surface area contributed by atoms with Gasteiger partial charge < -0.3 is 10.1 Å². The topological polar surface area (TPSA) is 21.3 Å². The van der Waals surface area contributed by atoms with Crippen LogP contribution in [-0.2, 0) is 4.74 Å². The third-order valence-corrected chi connectivity index (χ3v) is 7.65. The fourth-order valence-corrected chi connectivity index (χ4v) is 5.47. The minimum Gasteiger partial charge on any atom is -0.379 e. The van der Waals surface area contributed by atoms with Gasteiger partial charge in [-0.2, -0.15) is 23.5 Å². The van der Waals surface area contributed by atoms with Crippen LogP contribution >= 0.6 is 23.5 Å². The van der Waals surface area contributed by atoms with Gasteiger partial charge in [0, 0.05) is 34.7 Å². The van der Waals surface area contributed by atoms with Crippen LogP contribution in [0.2, 0.25) is 0 Å². The summed E-state index contributed by atoms with van der Waals surface area (Å²) in [5, 5.41) is 5.99. The van der Waals surface area contributed by atoms with E-state index < -0.39 is 0 Å². The molecule has 0 aliphatic carbocycles. The number of thioether (sulfide) groups is 2. The lowest BCUT2D eigenvalue weighted by Gasteiger charge is -2.37. The number of rotatable bonds is 7. The Bertz CT molecular complexity index is 261. The van der Waals surface area contributed by atoms with E-state index in [2.05, 4.69) is 63.5 Å². The fourth-order valence-electron chi connectivity index (χ4n) is 2.31. The Morgan fingerprint density at radius 2 is 2.00 bits per heavy atom. The molecule has 0 amide bonds. The largest absolute Gasteiger partial charge is 0.379 e. The summed E-state index contributed by atoms with van der Waals surface area (Å²) in [4.78, 5) is 0. The van der Waals surface area contributed by atoms with Gasteiger partial charge in [-0.3, -0.25) is 0 Å². The average molecular weight is 306 g/mol. The van der Waals surface area contributed by atoms with Crippen molar-refractivity contribution in [2.75, 3.05) is 19.4 Å². The van der Waals surface area contributed by atoms with Crippen LogP contribution in [0.4, 0.5) is 0 Å². The van der Waals surface area contributed by atoms with E-state index in [0.29, 0.717) is 6.04 Å². The van der Waals surface area contributed by atoms with Gasteiger partial charge in [0.25, 0.3) is 0 Å². The zero-order valence-electron chi connectivity index (χ0n) is 13.4. The molecule has 0 aromatic rings. The second-order valence-corrected chi connectivity index (χ2v) is 9.12. The minimum atomic E-state index is -0.000937. The Labute approximate surface area is 128 Å². The molecule has 1 aliphatic rings. The molecule has 0 aromatic heterocycles. The molecule has 1 heterocycles. The summed E-state index contributed by atoms with van der Waals surface area (Å²) in [6.45, 7) is 12.4. The smallest absolute Gasteiger partial charge is 0.0623 e. The Hall–Kier alpha value is 0.620. The van der Waals surface area contributed by atoms with Gasteiger partial charge in [0.05, 0.1) is 5.60 Å². The molecule has 1 saturated heterocycles. The summed E-state index contributed by atoms with van der Waals surface area (Å²) in [5.41, 5.74) is -0.000937. The predicted molar refractivity (Wildman–Crippen MR) is 90.5 cm³/mol. The molecule has 0 saturated carbocycles. The highest BCUT2D eigenvalue weighted by molar-refractivity contribution is 8.07. The Morgan fingerprint density at radius 3 is 2.53 bits per heavy atom. The van der Waals surface area contributed by atoms with E-state index in [1.807, 2.05) is 7.11 Å². The summed E-state index contributed by atoms with van der Waals surface area (Å²) >= 11 is 4.31. The van der Waals surface area contributed by atoms with E-state index in [1.165, 1.54) is 12.2 Å². The molecule has 0 radical (unpaired) electrons. The molecular weight excluding hydrogens is 274 g/mol. The van der Waals surface area contributed by atoms with Crippen molar-refractivity contribution in [1.82, 2.24) is 5.32 Å². The quantitative estimate of drug-likeness (QED) is 0.772. The zero-order chi connectivity index (χ0) is 14.5. The molecule has 4 unspecified atom stereocenters. The van der Waals surface area contributed by atoms with Gasteiger partial charge in [-0.1, -0.05) is 20.8 Å². The molecule has 0 bridgehead atoms. The molecule has 0 aromatic carbocycles. The molecule has 2 nitrogen and oxygen atoms in total. The summed E-state index contributed by atoms with van der Waals surface area (Å²) in [7, 11) is 1.82. The second kappa shape index (κ2) is 8.16. The highest BCUT2D eigenvalue weighted by Gasteiger charge is 2.31. The number of hydrogen-bond donors (Lipinski definition) is 1. The SMILES string of the molecule is CCNC(CCC(C)(C)OC)C1CSC(C)C(C)S1. The maximum Gasteiger partial charge on any atom is 0.0623 e. The van der Waals surface area contributed by atoms with Crippen LogP contribution in [0.5, 0.6) is 0 Å². The van der Waals surface area contributed by atoms with E-state index >= 15 is 0 Å². The van der Waals surface area contributed by atoms with Gasteiger partial charge in [0.1, 0.15) is 0 Å². The monoisotopic (exact) mass is 305 g/mol. The lowest BCUT2D eigenvalue weighted by molar-refractivity contribution is 0.0118. The molecular formula is C15H31NOS2. The van der Waals surface area contributed by atoms with Crippen molar-refractivity contribution in [1.29, 1.82) is 0 Å². The van der Waals surface area contributed by atoms with Gasteiger partial charge in [0.15, 0.2) is 0 Å². The van der Waals surface area contributed by atoms with Gasteiger partial charge in [0.2, 0.25) is 0 Å². The van der Waals surface area contributed by atoms with Gasteiger partial charge in [-0.05, 0) is 33.2 Å². The van der Waals surface area contributed by atoms with Gasteiger partial charge in [-0.25, -0.2) is 0 Å². The standard InChI is InChI=1S/C15H31NOS2/c1-7-16-13(8-9-15(4,5)17-6)14-10-18-11(2)12(3)19-14/h11-14,16H,7-10H2,1-6H3. The molecule has 0 spiro atoms. The lowest BCUT2D eigenvalue weighted by Crippen LogP contribution is -2.44. The van der Waals surface area contributed by atoms with Crippen molar-refractivity contribution in [3.05, 3.63) is 0 Å². The molecule has 1 N–H and O–H groups in total. The molecule has 19 heavy (non-hydrogen) atoms. The van der Waals surface area contributed by atoms with Crippen molar-refractivity contribution in [3.8, 4) is 0 Å². The van der Waals surface area contributed by atoms with E-state index in [1.54, 1.807) is 0 Å². The zero-order valence-corrected chi connectivity index (χ0v) is 15.0. The number of hydrogen-bond acceptors (Lipinski definition) is 4. The normalized spacial score (nSPS) is 30.3. The van der Waals surface area contributed by atoms with Crippen LogP contribution < -0.4 is 5.32 Å². The highest BCUT2D eigenvalue weighted by Crippen LogP contribution is 2.38. The van der Waals surface area contributed by atoms with Gasteiger partial charge >= 0.3 is 0 Å². The maximum absolute atomic E-state index is 5.55. The van der Waals surface area contributed by atoms with E-state index in [9.17, 15) is 0 Å². The number of nitrogens with one attached hydrogen (secondary N) is 1. The van der Waals surface area contributed by atoms with Crippen LogP contribution in [0, 0.1) is 0 Å². The average Bonchev–Trinajstić information content (AvgIpc) is 2.38. The molecule has 114 valence electrons. The van der Waals surface area contributed by atoms with Crippen molar-refractivity contribution in [2.24, 2.45) is 0 Å². The third kappa shape index (κ3) is 5.86. The Balaban J connectivity index is 2.52. The predicted octanol–water partition coefficient (Wildman–Crippen LogP) is 3.80. The molecule has 4 heteroatoms. The van der Waals surface area contributed by atoms with Crippen LogP contribution in [-0.4, -0.2) is 46.8 Å². The Morgan fingerprint density at radius 1 is 1.32 bits per heavy atom. The Kier molecular flexibility index (Phi) is 7.59. The molecule has 4 atom stereocenters. The summed E-state index contributed by atoms with van der Waals surface area (Å²) in [6, 6.07) is 0.617. The second-order valence-electron chi connectivity index (χ2n) is 6.08. The number of ether oxygens (including phenoxy) is 1. The maximum atomic E-state index is 5.55. The first-order valence-electron chi connectivity index (χ1n) is 7.45. The summed E-state index contributed by atoms with van der Waals surface area (Å²) < 4.78 is 5.55. The van der Waals surface area contributed by atoms with Crippen molar-refractivity contribution >= 4 is 23.5 Å². The van der Waals surface area contributed by atoms with Crippen LogP contribution in [0.1, 0.15) is 47.5 Å². The summed E-state index contributed by atoms with van der Waals surface area (Å²) in [5.74, 6) is 1.28. The van der Waals surface area contributed by atoms with Crippen molar-refractivity contribution < 1.29 is 4.74 Å². The highest BCUT2D eigenvalue weighted by atomic mass is 32.2. The lowest BCUT2D eigenvalue weighted by atomic mass is 9.97. The molecule has 1 aliphatic heterocycles. The molecule has 1 fully saturated rings.